The van der Waals surface area contributed by atoms with Crippen LogP contribution in [0.25, 0.3) is 0 Å². The zero-order chi connectivity index (χ0) is 14.1. The number of rotatable bonds is 9. The molecule has 0 bridgehead atoms. The van der Waals surface area contributed by atoms with E-state index in [1.165, 1.54) is 36.8 Å². The first kappa shape index (κ1) is 16.0. The van der Waals surface area contributed by atoms with Crippen molar-refractivity contribution in [2.24, 2.45) is 5.73 Å². The second-order valence-corrected chi connectivity index (χ2v) is 5.56. The van der Waals surface area contributed by atoms with Crippen LogP contribution in [-0.4, -0.2) is 12.6 Å². The second kappa shape index (κ2) is 8.98. The van der Waals surface area contributed by atoms with Gasteiger partial charge < -0.3 is 10.5 Å². The molecule has 2 nitrogen and oxygen atoms in total. The molecule has 0 saturated heterocycles. The Bertz CT molecular complexity index is 360. The molecule has 0 spiro atoms. The lowest BCUT2D eigenvalue weighted by Crippen LogP contribution is -2.18. The molecule has 0 aliphatic heterocycles. The number of benzene rings is 1. The van der Waals surface area contributed by atoms with Gasteiger partial charge in [0.2, 0.25) is 0 Å². The molecule has 0 aromatic heterocycles. The lowest BCUT2D eigenvalue weighted by atomic mass is 10.0. The maximum Gasteiger partial charge on any atom is 0.122 e. The molecule has 0 fully saturated rings. The molecule has 1 atom stereocenters. The van der Waals surface area contributed by atoms with Crippen molar-refractivity contribution in [3.63, 3.8) is 0 Å². The predicted octanol–water partition coefficient (Wildman–Crippen LogP) is 4.23. The molecular weight excluding hydrogens is 234 g/mol. The number of hydrogen-bond acceptors (Lipinski definition) is 2. The monoisotopic (exact) mass is 263 g/mol. The minimum atomic E-state index is 0.175. The van der Waals surface area contributed by atoms with E-state index in [1.807, 2.05) is 6.92 Å². The summed E-state index contributed by atoms with van der Waals surface area (Å²) in [6, 6.07) is 6.56. The first-order valence-electron chi connectivity index (χ1n) is 7.61. The average molecular weight is 263 g/mol. The summed E-state index contributed by atoms with van der Waals surface area (Å²) in [7, 11) is 0. The zero-order valence-corrected chi connectivity index (χ0v) is 12.7. The van der Waals surface area contributed by atoms with Crippen molar-refractivity contribution in [1.29, 1.82) is 0 Å². The van der Waals surface area contributed by atoms with E-state index in [0.29, 0.717) is 0 Å². The summed E-state index contributed by atoms with van der Waals surface area (Å²) >= 11 is 0. The molecule has 108 valence electrons. The molecule has 1 aromatic carbocycles. The summed E-state index contributed by atoms with van der Waals surface area (Å²) in [5.74, 6) is 1.01. The summed E-state index contributed by atoms with van der Waals surface area (Å²) in [6.07, 6.45) is 7.24. The van der Waals surface area contributed by atoms with Crippen LogP contribution in [-0.2, 0) is 6.42 Å². The van der Waals surface area contributed by atoms with E-state index in [1.54, 1.807) is 0 Å². The van der Waals surface area contributed by atoms with Crippen LogP contribution >= 0.6 is 0 Å². The largest absolute Gasteiger partial charge is 0.493 e. The van der Waals surface area contributed by atoms with Crippen molar-refractivity contribution in [3.8, 4) is 5.75 Å². The molecule has 0 saturated carbocycles. The number of ether oxygens (including phenoxy) is 1. The van der Waals surface area contributed by atoms with Gasteiger partial charge in [0.25, 0.3) is 0 Å². The maximum absolute atomic E-state index is 5.92. The van der Waals surface area contributed by atoms with E-state index < -0.39 is 0 Å². The minimum Gasteiger partial charge on any atom is -0.493 e. The van der Waals surface area contributed by atoms with Gasteiger partial charge in [-0.25, -0.2) is 0 Å². The van der Waals surface area contributed by atoms with Crippen molar-refractivity contribution in [1.82, 2.24) is 0 Å². The van der Waals surface area contributed by atoms with Crippen LogP contribution in [0.4, 0.5) is 0 Å². The van der Waals surface area contributed by atoms with Gasteiger partial charge in [-0.2, -0.15) is 0 Å². The van der Waals surface area contributed by atoms with Crippen molar-refractivity contribution in [2.75, 3.05) is 6.61 Å². The van der Waals surface area contributed by atoms with E-state index in [4.69, 9.17) is 10.5 Å². The van der Waals surface area contributed by atoms with E-state index in [2.05, 4.69) is 32.0 Å². The molecule has 0 amide bonds. The normalized spacial score (nSPS) is 12.4. The molecule has 1 rings (SSSR count). The van der Waals surface area contributed by atoms with Crippen LogP contribution in [0.15, 0.2) is 18.2 Å². The van der Waals surface area contributed by atoms with Crippen molar-refractivity contribution >= 4 is 0 Å². The van der Waals surface area contributed by atoms with Gasteiger partial charge >= 0.3 is 0 Å². The first-order valence-corrected chi connectivity index (χ1v) is 7.61. The van der Waals surface area contributed by atoms with Crippen LogP contribution < -0.4 is 10.5 Å². The Morgan fingerprint density at radius 2 is 1.89 bits per heavy atom. The molecule has 0 aliphatic carbocycles. The third-order valence-electron chi connectivity index (χ3n) is 3.26. The SMILES string of the molecule is CCCCCCCOc1ccc(C)cc1CC(C)N. The third kappa shape index (κ3) is 6.63. The lowest BCUT2D eigenvalue weighted by molar-refractivity contribution is 0.301. The highest BCUT2D eigenvalue weighted by Crippen LogP contribution is 2.21. The molecule has 2 N–H and O–H groups in total. The third-order valence-corrected chi connectivity index (χ3v) is 3.26. The Morgan fingerprint density at radius 3 is 2.58 bits per heavy atom. The lowest BCUT2D eigenvalue weighted by Gasteiger charge is -2.14. The number of aryl methyl sites for hydroxylation is 1. The van der Waals surface area contributed by atoms with Crippen LogP contribution in [0.5, 0.6) is 5.75 Å². The molecule has 1 aromatic rings. The van der Waals surface area contributed by atoms with Crippen molar-refractivity contribution in [2.45, 2.75) is 65.3 Å². The van der Waals surface area contributed by atoms with Crippen LogP contribution in [0, 0.1) is 6.92 Å². The van der Waals surface area contributed by atoms with Gasteiger partial charge in [0.1, 0.15) is 5.75 Å². The van der Waals surface area contributed by atoms with Gasteiger partial charge in [-0.1, -0.05) is 50.3 Å². The van der Waals surface area contributed by atoms with Gasteiger partial charge in [0.15, 0.2) is 0 Å². The number of unbranched alkanes of at least 4 members (excludes halogenated alkanes) is 4. The highest BCUT2D eigenvalue weighted by Gasteiger charge is 2.06. The van der Waals surface area contributed by atoms with Gasteiger partial charge in [-0.05, 0) is 38.3 Å². The second-order valence-electron chi connectivity index (χ2n) is 5.56. The average Bonchev–Trinajstić information content (AvgIpc) is 2.35. The van der Waals surface area contributed by atoms with Gasteiger partial charge in [-0.3, -0.25) is 0 Å². The smallest absolute Gasteiger partial charge is 0.122 e. The fraction of sp³-hybridized carbons (Fsp3) is 0.647. The number of hydrogen-bond donors (Lipinski definition) is 1. The van der Waals surface area contributed by atoms with Gasteiger partial charge in [0, 0.05) is 6.04 Å². The van der Waals surface area contributed by atoms with Crippen LogP contribution in [0.1, 0.15) is 57.1 Å². The Morgan fingerprint density at radius 1 is 1.16 bits per heavy atom. The van der Waals surface area contributed by atoms with E-state index >= 15 is 0 Å². The predicted molar refractivity (Wildman–Crippen MR) is 82.8 cm³/mol. The summed E-state index contributed by atoms with van der Waals surface area (Å²) in [5, 5.41) is 0. The van der Waals surface area contributed by atoms with E-state index in [9.17, 15) is 0 Å². The van der Waals surface area contributed by atoms with Crippen LogP contribution in [0.3, 0.4) is 0 Å². The minimum absolute atomic E-state index is 0.175. The standard InChI is InChI=1S/C17H29NO/c1-4-5-6-7-8-11-19-17-10-9-14(2)12-16(17)13-15(3)18/h9-10,12,15H,4-8,11,13,18H2,1-3H3. The Balaban J connectivity index is 2.43. The van der Waals surface area contributed by atoms with Gasteiger partial charge in [0.05, 0.1) is 6.61 Å². The first-order chi connectivity index (χ1) is 9.13. The quantitative estimate of drug-likeness (QED) is 0.677. The molecule has 2 heteroatoms. The molecule has 0 radical (unpaired) electrons. The molecule has 0 aliphatic rings. The number of nitrogens with two attached hydrogens (primary N) is 1. The van der Waals surface area contributed by atoms with Crippen molar-refractivity contribution < 1.29 is 4.74 Å². The van der Waals surface area contributed by atoms with Crippen molar-refractivity contribution in [3.05, 3.63) is 29.3 Å². The molecular formula is C17H29NO. The van der Waals surface area contributed by atoms with Gasteiger partial charge in [-0.15, -0.1) is 0 Å². The summed E-state index contributed by atoms with van der Waals surface area (Å²) in [6.45, 7) is 7.21. The zero-order valence-electron chi connectivity index (χ0n) is 12.7. The highest BCUT2D eigenvalue weighted by atomic mass is 16.5. The summed E-state index contributed by atoms with van der Waals surface area (Å²) in [4.78, 5) is 0. The summed E-state index contributed by atoms with van der Waals surface area (Å²) in [5.41, 5.74) is 8.41. The van der Waals surface area contributed by atoms with E-state index in [-0.39, 0.29) is 6.04 Å². The molecule has 0 heterocycles. The van der Waals surface area contributed by atoms with E-state index in [0.717, 1.165) is 25.2 Å². The highest BCUT2D eigenvalue weighted by molar-refractivity contribution is 5.37. The Kier molecular flexibility index (Phi) is 7.57. The molecule has 1 unspecified atom stereocenters. The molecule has 19 heavy (non-hydrogen) atoms. The topological polar surface area (TPSA) is 35.2 Å². The summed E-state index contributed by atoms with van der Waals surface area (Å²) < 4.78 is 5.92. The fourth-order valence-corrected chi connectivity index (χ4v) is 2.24. The van der Waals surface area contributed by atoms with Crippen LogP contribution in [0.2, 0.25) is 0 Å². The Hall–Kier alpha value is -1.02. The Labute approximate surface area is 118 Å². The fourth-order valence-electron chi connectivity index (χ4n) is 2.24. The maximum atomic E-state index is 5.92.